The number of amides is 1. The second kappa shape index (κ2) is 8.14. The molecule has 2 aromatic heterocycles. The number of benzene rings is 1. The van der Waals surface area contributed by atoms with Crippen LogP contribution in [0.15, 0.2) is 28.7 Å². The fraction of sp³-hybridized carbons (Fsp3) is 0.474. The van der Waals surface area contributed by atoms with Crippen molar-refractivity contribution in [1.82, 2.24) is 20.1 Å². The number of carbonyl (C=O) groups is 1. The predicted molar refractivity (Wildman–Crippen MR) is 105 cm³/mol. The molecule has 0 spiro atoms. The molecule has 1 atom stereocenters. The van der Waals surface area contributed by atoms with E-state index in [1.807, 2.05) is 31.2 Å². The Balaban J connectivity index is 1.31. The van der Waals surface area contributed by atoms with Crippen LogP contribution in [0.4, 0.5) is 5.13 Å². The Kier molecular flexibility index (Phi) is 5.45. The van der Waals surface area contributed by atoms with E-state index < -0.39 is 0 Å². The first-order valence-corrected chi connectivity index (χ1v) is 10.2. The standard InChI is InChI=1S/C19H23N5O2S/c1-2-17-22-23-19(27-17)21-16(25)9-11-24-10-5-6-13(12-24)18-20-14-7-3-4-8-15(14)26-18/h3-4,7-8,13H,2,5-6,9-12H2,1H3,(H,21,23,25)/t13-/m1/s1. The van der Waals surface area contributed by atoms with E-state index in [0.717, 1.165) is 60.9 Å². The molecule has 3 heterocycles. The minimum atomic E-state index is -0.0159. The molecular weight excluding hydrogens is 362 g/mol. The molecule has 1 fully saturated rings. The minimum absolute atomic E-state index is 0.0159. The van der Waals surface area contributed by atoms with Crippen LogP contribution in [0.2, 0.25) is 0 Å². The van der Waals surface area contributed by atoms with E-state index >= 15 is 0 Å². The smallest absolute Gasteiger partial charge is 0.227 e. The molecule has 7 nitrogen and oxygen atoms in total. The molecule has 0 radical (unpaired) electrons. The normalized spacial score (nSPS) is 18.0. The third-order valence-electron chi connectivity index (χ3n) is 4.84. The summed E-state index contributed by atoms with van der Waals surface area (Å²) in [5.74, 6) is 1.08. The second-order valence-corrected chi connectivity index (χ2v) is 7.87. The summed E-state index contributed by atoms with van der Waals surface area (Å²) in [6.07, 6.45) is 3.43. The molecule has 8 heteroatoms. The largest absolute Gasteiger partial charge is 0.440 e. The zero-order valence-electron chi connectivity index (χ0n) is 15.4. The van der Waals surface area contributed by atoms with Crippen molar-refractivity contribution in [3.8, 4) is 0 Å². The van der Waals surface area contributed by atoms with Crippen molar-refractivity contribution in [2.45, 2.75) is 38.5 Å². The summed E-state index contributed by atoms with van der Waals surface area (Å²) >= 11 is 1.43. The highest BCUT2D eigenvalue weighted by Gasteiger charge is 2.25. The molecule has 3 aromatic rings. The van der Waals surface area contributed by atoms with Gasteiger partial charge in [-0.15, -0.1) is 10.2 Å². The minimum Gasteiger partial charge on any atom is -0.440 e. The Hall–Kier alpha value is -2.32. The number of rotatable bonds is 6. The van der Waals surface area contributed by atoms with Gasteiger partial charge in [0.1, 0.15) is 10.5 Å². The topological polar surface area (TPSA) is 84.2 Å². The molecule has 27 heavy (non-hydrogen) atoms. The van der Waals surface area contributed by atoms with Gasteiger partial charge in [-0.3, -0.25) is 4.79 Å². The van der Waals surface area contributed by atoms with Crippen LogP contribution in [0.5, 0.6) is 0 Å². The number of piperidine rings is 1. The number of aromatic nitrogens is 3. The number of likely N-dealkylation sites (tertiary alicyclic amines) is 1. The van der Waals surface area contributed by atoms with Crippen molar-refractivity contribution in [3.63, 3.8) is 0 Å². The lowest BCUT2D eigenvalue weighted by molar-refractivity contribution is -0.116. The predicted octanol–water partition coefficient (Wildman–Crippen LogP) is 3.45. The first-order chi connectivity index (χ1) is 13.2. The molecule has 4 rings (SSSR count). The summed E-state index contributed by atoms with van der Waals surface area (Å²) in [6.45, 7) is 4.62. The summed E-state index contributed by atoms with van der Waals surface area (Å²) in [5.41, 5.74) is 1.75. The number of para-hydroxylation sites is 2. The molecule has 0 saturated carbocycles. The first-order valence-electron chi connectivity index (χ1n) is 9.41. The molecule has 1 aromatic carbocycles. The number of hydrogen-bond donors (Lipinski definition) is 1. The number of nitrogens with one attached hydrogen (secondary N) is 1. The van der Waals surface area contributed by atoms with E-state index in [-0.39, 0.29) is 11.8 Å². The van der Waals surface area contributed by atoms with Crippen LogP contribution in [0.1, 0.15) is 43.0 Å². The lowest BCUT2D eigenvalue weighted by Crippen LogP contribution is -2.36. The number of carbonyl (C=O) groups excluding carboxylic acids is 1. The Morgan fingerprint density at radius 2 is 2.26 bits per heavy atom. The second-order valence-electron chi connectivity index (χ2n) is 6.81. The van der Waals surface area contributed by atoms with Gasteiger partial charge in [-0.25, -0.2) is 4.98 Å². The monoisotopic (exact) mass is 385 g/mol. The van der Waals surface area contributed by atoms with Crippen LogP contribution in [0.25, 0.3) is 11.1 Å². The lowest BCUT2D eigenvalue weighted by atomic mass is 9.98. The zero-order chi connectivity index (χ0) is 18.6. The molecule has 0 unspecified atom stereocenters. The third-order valence-corrected chi connectivity index (χ3v) is 5.82. The quantitative estimate of drug-likeness (QED) is 0.700. The van der Waals surface area contributed by atoms with Crippen LogP contribution >= 0.6 is 11.3 Å². The Morgan fingerprint density at radius 3 is 3.07 bits per heavy atom. The highest BCUT2D eigenvalue weighted by Crippen LogP contribution is 2.29. The van der Waals surface area contributed by atoms with Crippen LogP contribution in [-0.4, -0.2) is 45.6 Å². The fourth-order valence-electron chi connectivity index (χ4n) is 3.41. The lowest BCUT2D eigenvalue weighted by Gasteiger charge is -2.30. The van der Waals surface area contributed by atoms with Crippen molar-refractivity contribution >= 4 is 33.5 Å². The van der Waals surface area contributed by atoms with Gasteiger partial charge in [0.2, 0.25) is 11.0 Å². The van der Waals surface area contributed by atoms with Crippen molar-refractivity contribution < 1.29 is 9.21 Å². The molecular formula is C19H23N5O2S. The number of nitrogens with zero attached hydrogens (tertiary/aromatic N) is 4. The molecule has 1 amide bonds. The van der Waals surface area contributed by atoms with Crippen LogP contribution < -0.4 is 5.32 Å². The summed E-state index contributed by atoms with van der Waals surface area (Å²) in [6, 6.07) is 7.87. The van der Waals surface area contributed by atoms with Crippen LogP contribution in [-0.2, 0) is 11.2 Å². The van der Waals surface area contributed by atoms with Gasteiger partial charge in [-0.05, 0) is 37.9 Å². The molecule has 0 aliphatic carbocycles. The van der Waals surface area contributed by atoms with Gasteiger partial charge in [0.15, 0.2) is 11.5 Å². The van der Waals surface area contributed by atoms with E-state index in [1.54, 1.807) is 0 Å². The molecule has 1 aliphatic heterocycles. The highest BCUT2D eigenvalue weighted by molar-refractivity contribution is 7.15. The summed E-state index contributed by atoms with van der Waals surface area (Å²) < 4.78 is 5.94. The Morgan fingerprint density at radius 1 is 1.37 bits per heavy atom. The maximum atomic E-state index is 12.2. The number of fused-ring (bicyclic) bond motifs is 1. The van der Waals surface area contributed by atoms with Gasteiger partial charge in [0.05, 0.1) is 0 Å². The maximum absolute atomic E-state index is 12.2. The van der Waals surface area contributed by atoms with Crippen molar-refractivity contribution in [2.75, 3.05) is 25.0 Å². The van der Waals surface area contributed by atoms with E-state index in [0.29, 0.717) is 11.6 Å². The SMILES string of the molecule is CCc1nnc(NC(=O)CCN2CCC[C@@H](c3nc4ccccc4o3)C2)s1. The van der Waals surface area contributed by atoms with Gasteiger partial charge in [0, 0.05) is 25.4 Å². The molecule has 1 N–H and O–H groups in total. The third kappa shape index (κ3) is 4.33. The van der Waals surface area contributed by atoms with Crippen LogP contribution in [0.3, 0.4) is 0 Å². The van der Waals surface area contributed by atoms with Crippen molar-refractivity contribution in [1.29, 1.82) is 0 Å². The van der Waals surface area contributed by atoms with Crippen molar-refractivity contribution in [2.24, 2.45) is 0 Å². The number of aryl methyl sites for hydroxylation is 1. The average Bonchev–Trinajstić information content (AvgIpc) is 3.33. The average molecular weight is 385 g/mol. The summed E-state index contributed by atoms with van der Waals surface area (Å²) in [4.78, 5) is 19.2. The summed E-state index contributed by atoms with van der Waals surface area (Å²) in [5, 5.41) is 12.4. The molecule has 1 aliphatic rings. The first kappa shape index (κ1) is 18.1. The Labute approximate surface area is 161 Å². The number of oxazole rings is 1. The van der Waals surface area contributed by atoms with E-state index in [9.17, 15) is 4.79 Å². The van der Waals surface area contributed by atoms with Gasteiger partial charge < -0.3 is 14.6 Å². The molecule has 142 valence electrons. The number of hydrogen-bond acceptors (Lipinski definition) is 7. The number of anilines is 1. The van der Waals surface area contributed by atoms with E-state index in [1.165, 1.54) is 11.3 Å². The van der Waals surface area contributed by atoms with E-state index in [4.69, 9.17) is 4.42 Å². The highest BCUT2D eigenvalue weighted by atomic mass is 32.1. The fourth-order valence-corrected chi connectivity index (χ4v) is 4.11. The molecule has 1 saturated heterocycles. The van der Waals surface area contributed by atoms with Crippen molar-refractivity contribution in [3.05, 3.63) is 35.2 Å². The maximum Gasteiger partial charge on any atom is 0.227 e. The van der Waals surface area contributed by atoms with Gasteiger partial charge in [-0.2, -0.15) is 0 Å². The van der Waals surface area contributed by atoms with Gasteiger partial charge in [-0.1, -0.05) is 30.4 Å². The van der Waals surface area contributed by atoms with Gasteiger partial charge in [0.25, 0.3) is 0 Å². The zero-order valence-corrected chi connectivity index (χ0v) is 16.2. The van der Waals surface area contributed by atoms with Gasteiger partial charge >= 0.3 is 0 Å². The van der Waals surface area contributed by atoms with Crippen LogP contribution in [0, 0.1) is 0 Å². The summed E-state index contributed by atoms with van der Waals surface area (Å²) in [7, 11) is 0. The Bertz CT molecular complexity index is 889. The molecule has 0 bridgehead atoms. The van der Waals surface area contributed by atoms with E-state index in [2.05, 4.69) is 25.4 Å².